The molecule has 2 N–H and O–H groups in total. The van der Waals surface area contributed by atoms with Gasteiger partial charge in [0.15, 0.2) is 5.78 Å². The fourth-order valence-electron chi connectivity index (χ4n) is 2.56. The molecular weight excluding hydrogens is 400 g/mol. The molecular formula is C19H11Cl2F3N2O. The van der Waals surface area contributed by atoms with E-state index in [2.05, 4.69) is 4.98 Å². The van der Waals surface area contributed by atoms with E-state index < -0.39 is 17.5 Å². The Morgan fingerprint density at radius 1 is 0.963 bits per heavy atom. The number of pyridine rings is 1. The maximum absolute atomic E-state index is 12.7. The van der Waals surface area contributed by atoms with Crippen molar-refractivity contribution in [2.75, 3.05) is 5.73 Å². The summed E-state index contributed by atoms with van der Waals surface area (Å²) in [6, 6.07) is 10.2. The number of halogens is 5. The van der Waals surface area contributed by atoms with Gasteiger partial charge >= 0.3 is 6.18 Å². The van der Waals surface area contributed by atoms with Crippen molar-refractivity contribution in [2.24, 2.45) is 0 Å². The van der Waals surface area contributed by atoms with Crippen molar-refractivity contribution >= 4 is 34.7 Å². The molecule has 8 heteroatoms. The molecule has 0 spiro atoms. The van der Waals surface area contributed by atoms with Crippen LogP contribution in [-0.2, 0) is 6.18 Å². The number of hydrogen-bond acceptors (Lipinski definition) is 3. The van der Waals surface area contributed by atoms with E-state index in [9.17, 15) is 18.0 Å². The van der Waals surface area contributed by atoms with Gasteiger partial charge in [-0.05, 0) is 30.3 Å². The molecule has 0 saturated heterocycles. The summed E-state index contributed by atoms with van der Waals surface area (Å²) < 4.78 is 38.1. The summed E-state index contributed by atoms with van der Waals surface area (Å²) in [6.45, 7) is 0. The molecule has 0 atom stereocenters. The molecule has 138 valence electrons. The van der Waals surface area contributed by atoms with Crippen LogP contribution in [0.2, 0.25) is 10.0 Å². The summed E-state index contributed by atoms with van der Waals surface area (Å²) in [5.41, 5.74) is 6.07. The third-order valence-electron chi connectivity index (χ3n) is 3.91. The van der Waals surface area contributed by atoms with Crippen LogP contribution in [0.3, 0.4) is 0 Å². The van der Waals surface area contributed by atoms with Gasteiger partial charge < -0.3 is 5.73 Å². The van der Waals surface area contributed by atoms with Gasteiger partial charge in [-0.25, -0.2) is 0 Å². The zero-order valence-corrected chi connectivity index (χ0v) is 15.0. The first kappa shape index (κ1) is 19.2. The van der Waals surface area contributed by atoms with E-state index in [4.69, 9.17) is 28.9 Å². The molecule has 0 unspecified atom stereocenters. The van der Waals surface area contributed by atoms with Crippen LogP contribution in [-0.4, -0.2) is 10.8 Å². The number of rotatable bonds is 3. The van der Waals surface area contributed by atoms with Crippen molar-refractivity contribution in [3.8, 4) is 11.3 Å². The van der Waals surface area contributed by atoms with Gasteiger partial charge in [-0.2, -0.15) is 13.2 Å². The number of carbonyl (C=O) groups is 1. The summed E-state index contributed by atoms with van der Waals surface area (Å²) >= 11 is 12.3. The molecule has 0 aliphatic heterocycles. The monoisotopic (exact) mass is 410 g/mol. The number of ketones is 1. The molecule has 0 saturated carbocycles. The molecule has 3 nitrogen and oxygen atoms in total. The van der Waals surface area contributed by atoms with Gasteiger partial charge in [0.25, 0.3) is 0 Å². The van der Waals surface area contributed by atoms with Gasteiger partial charge in [-0.3, -0.25) is 9.78 Å². The first-order valence-electron chi connectivity index (χ1n) is 7.61. The van der Waals surface area contributed by atoms with E-state index in [1.165, 1.54) is 12.3 Å². The second kappa shape index (κ2) is 7.21. The van der Waals surface area contributed by atoms with Gasteiger partial charge in [0.05, 0.1) is 27.0 Å². The lowest BCUT2D eigenvalue weighted by atomic mass is 9.98. The van der Waals surface area contributed by atoms with Crippen molar-refractivity contribution in [1.82, 2.24) is 4.98 Å². The Morgan fingerprint density at radius 3 is 2.11 bits per heavy atom. The molecule has 0 bridgehead atoms. The lowest BCUT2D eigenvalue weighted by Gasteiger charge is -2.12. The quantitative estimate of drug-likeness (QED) is 0.547. The SMILES string of the molecule is Nc1c(C(=O)c2ccc(C(F)(F)F)cc2)ccnc1-c1c(Cl)cccc1Cl. The normalized spacial score (nSPS) is 11.4. The molecule has 27 heavy (non-hydrogen) atoms. The number of anilines is 1. The van der Waals surface area contributed by atoms with Gasteiger partial charge in [0.2, 0.25) is 0 Å². The van der Waals surface area contributed by atoms with Crippen LogP contribution in [0, 0.1) is 0 Å². The minimum absolute atomic E-state index is 0.0393. The van der Waals surface area contributed by atoms with E-state index in [0.29, 0.717) is 15.6 Å². The summed E-state index contributed by atoms with van der Waals surface area (Å²) in [4.78, 5) is 16.9. The van der Waals surface area contributed by atoms with E-state index in [1.54, 1.807) is 18.2 Å². The van der Waals surface area contributed by atoms with E-state index in [0.717, 1.165) is 24.3 Å². The number of nitrogens with zero attached hydrogens (tertiary/aromatic N) is 1. The largest absolute Gasteiger partial charge is 0.416 e. The minimum Gasteiger partial charge on any atom is -0.396 e. The summed E-state index contributed by atoms with van der Waals surface area (Å²) in [5, 5.41) is 0.613. The molecule has 1 aromatic heterocycles. The van der Waals surface area contributed by atoms with Crippen molar-refractivity contribution in [3.63, 3.8) is 0 Å². The van der Waals surface area contributed by atoms with E-state index in [1.807, 2.05) is 0 Å². The fourth-order valence-corrected chi connectivity index (χ4v) is 3.14. The van der Waals surface area contributed by atoms with Crippen LogP contribution in [0.25, 0.3) is 11.3 Å². The molecule has 0 radical (unpaired) electrons. The number of hydrogen-bond donors (Lipinski definition) is 1. The van der Waals surface area contributed by atoms with Gasteiger partial charge in [0, 0.05) is 22.9 Å². The highest BCUT2D eigenvalue weighted by Crippen LogP contribution is 2.37. The van der Waals surface area contributed by atoms with Crippen LogP contribution < -0.4 is 5.73 Å². The Bertz CT molecular complexity index is 998. The third-order valence-corrected chi connectivity index (χ3v) is 4.54. The first-order chi connectivity index (χ1) is 12.7. The average Bonchev–Trinajstić information content (AvgIpc) is 2.62. The molecule has 1 heterocycles. The van der Waals surface area contributed by atoms with Crippen LogP contribution in [0.15, 0.2) is 54.7 Å². The van der Waals surface area contributed by atoms with Crippen molar-refractivity contribution < 1.29 is 18.0 Å². The standard InChI is InChI=1S/C19H11Cl2F3N2O/c20-13-2-1-3-14(21)15(13)17-16(25)12(8-9-26-17)18(27)10-4-6-11(7-5-10)19(22,23)24/h1-9H,25H2. The molecule has 0 amide bonds. The Kier molecular flexibility index (Phi) is 5.13. The Hall–Kier alpha value is -2.57. The highest BCUT2D eigenvalue weighted by molar-refractivity contribution is 6.39. The smallest absolute Gasteiger partial charge is 0.396 e. The van der Waals surface area contributed by atoms with Crippen LogP contribution in [0.5, 0.6) is 0 Å². The predicted molar refractivity (Wildman–Crippen MR) is 99.0 cm³/mol. The number of benzene rings is 2. The Labute approximate surface area is 162 Å². The molecule has 2 aromatic carbocycles. The number of aromatic nitrogens is 1. The zero-order valence-electron chi connectivity index (χ0n) is 13.5. The summed E-state index contributed by atoms with van der Waals surface area (Å²) in [7, 11) is 0. The lowest BCUT2D eigenvalue weighted by molar-refractivity contribution is -0.137. The number of alkyl halides is 3. The molecule has 3 aromatic rings. The topological polar surface area (TPSA) is 56.0 Å². The summed E-state index contributed by atoms with van der Waals surface area (Å²) in [6.07, 6.45) is -3.12. The fraction of sp³-hybridized carbons (Fsp3) is 0.0526. The molecule has 0 aliphatic rings. The average molecular weight is 411 g/mol. The zero-order chi connectivity index (χ0) is 19.8. The maximum atomic E-state index is 12.7. The van der Waals surface area contributed by atoms with Crippen LogP contribution >= 0.6 is 23.2 Å². The van der Waals surface area contributed by atoms with Crippen molar-refractivity contribution in [3.05, 3.63) is 81.5 Å². The van der Waals surface area contributed by atoms with Crippen LogP contribution in [0.4, 0.5) is 18.9 Å². The number of nitrogens with two attached hydrogens (primary N) is 1. The van der Waals surface area contributed by atoms with Gasteiger partial charge in [-0.15, -0.1) is 0 Å². The highest BCUT2D eigenvalue weighted by atomic mass is 35.5. The van der Waals surface area contributed by atoms with E-state index >= 15 is 0 Å². The Balaban J connectivity index is 2.05. The lowest BCUT2D eigenvalue weighted by Crippen LogP contribution is -2.09. The maximum Gasteiger partial charge on any atom is 0.416 e. The second-order valence-electron chi connectivity index (χ2n) is 5.62. The summed E-state index contributed by atoms with van der Waals surface area (Å²) in [5.74, 6) is -0.534. The van der Waals surface area contributed by atoms with Crippen molar-refractivity contribution in [2.45, 2.75) is 6.18 Å². The van der Waals surface area contributed by atoms with Gasteiger partial charge in [0.1, 0.15) is 0 Å². The third kappa shape index (κ3) is 3.77. The van der Waals surface area contributed by atoms with Gasteiger partial charge in [-0.1, -0.05) is 41.4 Å². The first-order valence-corrected chi connectivity index (χ1v) is 8.36. The van der Waals surface area contributed by atoms with E-state index in [-0.39, 0.29) is 22.5 Å². The highest BCUT2D eigenvalue weighted by Gasteiger charge is 2.30. The second-order valence-corrected chi connectivity index (χ2v) is 6.44. The Morgan fingerprint density at radius 2 is 1.56 bits per heavy atom. The minimum atomic E-state index is -4.48. The molecule has 3 rings (SSSR count). The van der Waals surface area contributed by atoms with Crippen LogP contribution in [0.1, 0.15) is 21.5 Å². The molecule has 0 aliphatic carbocycles. The number of nitrogen functional groups attached to an aromatic ring is 1. The predicted octanol–water partition coefficient (Wildman–Crippen LogP) is 5.89. The van der Waals surface area contributed by atoms with Crippen molar-refractivity contribution in [1.29, 1.82) is 0 Å². The number of carbonyl (C=O) groups excluding carboxylic acids is 1. The molecule has 0 fully saturated rings.